The van der Waals surface area contributed by atoms with Gasteiger partial charge in [0, 0.05) is 0 Å². The van der Waals surface area contributed by atoms with Gasteiger partial charge in [0.25, 0.3) is 0 Å². The molecule has 0 atom stereocenters. The van der Waals surface area contributed by atoms with Gasteiger partial charge in [-0.15, -0.1) is 0 Å². The summed E-state index contributed by atoms with van der Waals surface area (Å²) in [6.45, 7) is 2.00. The van der Waals surface area contributed by atoms with Gasteiger partial charge in [-0.05, 0) is 76.7 Å². The third-order valence-corrected chi connectivity index (χ3v) is 5.77. The van der Waals surface area contributed by atoms with Gasteiger partial charge >= 0.3 is 6.18 Å². The predicted molar refractivity (Wildman–Crippen MR) is 132 cm³/mol. The molecular formula is C30H22F3NO. The Bertz CT molecular complexity index is 1380. The average Bonchev–Trinajstić information content (AvgIpc) is 2.88. The Balaban J connectivity index is 2.04. The van der Waals surface area contributed by atoms with E-state index >= 15 is 0 Å². The smallest absolute Gasteiger partial charge is 0.416 e. The number of nitrogens with zero attached hydrogens (tertiary/aromatic N) is 1. The minimum atomic E-state index is -4.42. The predicted octanol–water partition coefficient (Wildman–Crippen LogP) is 7.90. The van der Waals surface area contributed by atoms with Crippen molar-refractivity contribution in [2.75, 3.05) is 7.11 Å². The minimum absolute atomic E-state index is 0.502. The zero-order valence-electron chi connectivity index (χ0n) is 19.2. The second-order valence-electron chi connectivity index (χ2n) is 8.11. The molecule has 0 saturated heterocycles. The van der Waals surface area contributed by atoms with E-state index < -0.39 is 11.7 Å². The van der Waals surface area contributed by atoms with Crippen LogP contribution < -0.4 is 4.74 Å². The first-order valence-corrected chi connectivity index (χ1v) is 10.9. The van der Waals surface area contributed by atoms with E-state index in [0.717, 1.165) is 45.5 Å². The molecule has 2 nitrogen and oxygen atoms in total. The van der Waals surface area contributed by atoms with Gasteiger partial charge in [-0.2, -0.15) is 18.4 Å². The van der Waals surface area contributed by atoms with Crippen LogP contribution >= 0.6 is 0 Å². The zero-order chi connectivity index (χ0) is 25.0. The van der Waals surface area contributed by atoms with Crippen LogP contribution in [0.25, 0.3) is 11.1 Å². The lowest BCUT2D eigenvalue weighted by molar-refractivity contribution is -0.137. The Hall–Kier alpha value is -4.30. The van der Waals surface area contributed by atoms with Crippen LogP contribution in [0.4, 0.5) is 13.2 Å². The van der Waals surface area contributed by atoms with Gasteiger partial charge in [-0.25, -0.2) is 0 Å². The fourth-order valence-electron chi connectivity index (χ4n) is 3.93. The number of methoxy groups -OCH3 is 1. The maximum Gasteiger partial charge on any atom is 0.416 e. The highest BCUT2D eigenvalue weighted by Crippen LogP contribution is 2.39. The second-order valence-corrected chi connectivity index (χ2v) is 8.11. The first-order chi connectivity index (χ1) is 16.8. The molecule has 0 spiro atoms. The first kappa shape index (κ1) is 23.8. The van der Waals surface area contributed by atoms with E-state index in [9.17, 15) is 18.4 Å². The SMILES string of the molecule is COc1ccc(/C(=C(/c2ccc(C#N)cc2)c2ccc(C(F)(F)F)cc2)c2ccc(C)cc2)cc1. The molecule has 35 heavy (non-hydrogen) atoms. The number of aryl methyl sites for hydroxylation is 1. The summed E-state index contributed by atoms with van der Waals surface area (Å²) in [7, 11) is 1.59. The lowest BCUT2D eigenvalue weighted by Crippen LogP contribution is -2.05. The van der Waals surface area contributed by atoms with Gasteiger partial charge in [0.15, 0.2) is 0 Å². The number of alkyl halides is 3. The van der Waals surface area contributed by atoms with E-state index in [2.05, 4.69) is 6.07 Å². The van der Waals surface area contributed by atoms with E-state index in [1.807, 2.05) is 67.6 Å². The highest BCUT2D eigenvalue weighted by molar-refractivity contribution is 6.04. The number of benzene rings is 4. The Morgan fingerprint density at radius 3 is 1.46 bits per heavy atom. The summed E-state index contributed by atoms with van der Waals surface area (Å²) in [6.07, 6.45) is -4.42. The Morgan fingerprint density at radius 1 is 0.657 bits per heavy atom. The molecule has 4 rings (SSSR count). The summed E-state index contributed by atoms with van der Waals surface area (Å²) < 4.78 is 45.1. The summed E-state index contributed by atoms with van der Waals surface area (Å²) >= 11 is 0. The summed E-state index contributed by atoms with van der Waals surface area (Å²) in [5.74, 6) is 0.700. The van der Waals surface area contributed by atoms with Crippen LogP contribution in [0, 0.1) is 18.3 Å². The molecule has 0 bridgehead atoms. The molecule has 0 aliphatic heterocycles. The quantitative estimate of drug-likeness (QED) is 0.278. The highest BCUT2D eigenvalue weighted by atomic mass is 19.4. The number of hydrogen-bond donors (Lipinski definition) is 0. The number of ether oxygens (including phenoxy) is 1. The monoisotopic (exact) mass is 469 g/mol. The van der Waals surface area contributed by atoms with Gasteiger partial charge < -0.3 is 4.74 Å². The van der Waals surface area contributed by atoms with Gasteiger partial charge in [-0.3, -0.25) is 0 Å². The normalized spacial score (nSPS) is 12.0. The van der Waals surface area contributed by atoms with E-state index in [4.69, 9.17) is 4.74 Å². The Labute approximate surface area is 202 Å². The van der Waals surface area contributed by atoms with E-state index in [0.29, 0.717) is 16.9 Å². The van der Waals surface area contributed by atoms with Crippen molar-refractivity contribution >= 4 is 11.1 Å². The fraction of sp³-hybridized carbons (Fsp3) is 0.100. The van der Waals surface area contributed by atoms with Crippen LogP contribution in [-0.2, 0) is 6.18 Å². The van der Waals surface area contributed by atoms with Crippen molar-refractivity contribution in [1.29, 1.82) is 5.26 Å². The van der Waals surface area contributed by atoms with Crippen molar-refractivity contribution in [1.82, 2.24) is 0 Å². The number of rotatable bonds is 5. The van der Waals surface area contributed by atoms with E-state index in [-0.39, 0.29) is 0 Å². The molecule has 0 heterocycles. The number of halogens is 3. The van der Waals surface area contributed by atoms with Crippen molar-refractivity contribution < 1.29 is 17.9 Å². The number of nitriles is 1. The molecule has 0 fully saturated rings. The van der Waals surface area contributed by atoms with Gasteiger partial charge in [-0.1, -0.05) is 66.2 Å². The van der Waals surface area contributed by atoms with Crippen molar-refractivity contribution in [3.05, 3.63) is 136 Å². The van der Waals surface area contributed by atoms with Crippen molar-refractivity contribution in [2.45, 2.75) is 13.1 Å². The molecule has 4 aromatic carbocycles. The zero-order valence-corrected chi connectivity index (χ0v) is 19.2. The van der Waals surface area contributed by atoms with Crippen molar-refractivity contribution in [2.24, 2.45) is 0 Å². The molecular weight excluding hydrogens is 447 g/mol. The molecule has 0 unspecified atom stereocenters. The molecule has 0 aromatic heterocycles. The average molecular weight is 470 g/mol. The third kappa shape index (κ3) is 5.28. The van der Waals surface area contributed by atoms with Crippen LogP contribution in [0.5, 0.6) is 5.75 Å². The molecule has 0 N–H and O–H groups in total. The van der Waals surface area contributed by atoms with Crippen LogP contribution in [-0.4, -0.2) is 7.11 Å². The van der Waals surface area contributed by atoms with Gasteiger partial charge in [0.1, 0.15) is 5.75 Å². The Kier molecular flexibility index (Phi) is 6.75. The lowest BCUT2D eigenvalue weighted by atomic mass is 9.85. The maximum atomic E-state index is 13.3. The number of hydrogen-bond acceptors (Lipinski definition) is 2. The summed E-state index contributed by atoms with van der Waals surface area (Å²) in [5.41, 5.74) is 5.73. The third-order valence-electron chi connectivity index (χ3n) is 5.77. The molecule has 0 aliphatic carbocycles. The highest BCUT2D eigenvalue weighted by Gasteiger charge is 2.30. The Morgan fingerprint density at radius 2 is 1.06 bits per heavy atom. The largest absolute Gasteiger partial charge is 0.497 e. The molecule has 0 saturated carbocycles. The summed E-state index contributed by atoms with van der Waals surface area (Å²) in [6, 6.07) is 29.9. The van der Waals surface area contributed by atoms with Gasteiger partial charge in [0.2, 0.25) is 0 Å². The fourth-order valence-corrected chi connectivity index (χ4v) is 3.93. The molecule has 174 valence electrons. The van der Waals surface area contributed by atoms with Crippen LogP contribution in [0.15, 0.2) is 97.1 Å². The van der Waals surface area contributed by atoms with Crippen LogP contribution in [0.1, 0.15) is 38.9 Å². The summed E-state index contributed by atoms with van der Waals surface area (Å²) in [5, 5.41) is 9.25. The summed E-state index contributed by atoms with van der Waals surface area (Å²) in [4.78, 5) is 0. The second kappa shape index (κ2) is 9.90. The molecule has 0 amide bonds. The minimum Gasteiger partial charge on any atom is -0.497 e. The first-order valence-electron chi connectivity index (χ1n) is 10.9. The maximum absolute atomic E-state index is 13.3. The van der Waals surface area contributed by atoms with E-state index in [1.165, 1.54) is 12.1 Å². The van der Waals surface area contributed by atoms with Crippen molar-refractivity contribution in [3.63, 3.8) is 0 Å². The standard InChI is InChI=1S/C30H22F3NO/c1-20-3-7-22(8-4-20)28(25-13-17-27(35-2)18-14-25)29(23-9-5-21(19-34)6-10-23)24-11-15-26(16-12-24)30(31,32)33/h3-18H,1-2H3/b29-28-. The molecule has 0 aliphatic rings. The van der Waals surface area contributed by atoms with Crippen LogP contribution in [0.3, 0.4) is 0 Å². The van der Waals surface area contributed by atoms with Crippen molar-refractivity contribution in [3.8, 4) is 11.8 Å². The molecule has 5 heteroatoms. The topological polar surface area (TPSA) is 33.0 Å². The van der Waals surface area contributed by atoms with Crippen LogP contribution in [0.2, 0.25) is 0 Å². The van der Waals surface area contributed by atoms with E-state index in [1.54, 1.807) is 19.2 Å². The molecule has 4 aromatic rings. The van der Waals surface area contributed by atoms with Gasteiger partial charge in [0.05, 0.1) is 24.3 Å². The lowest BCUT2D eigenvalue weighted by Gasteiger charge is -2.19. The molecule has 0 radical (unpaired) electrons.